The van der Waals surface area contributed by atoms with Crippen LogP contribution in [-0.2, 0) is 4.74 Å². The quantitative estimate of drug-likeness (QED) is 0.670. The van der Waals surface area contributed by atoms with Gasteiger partial charge in [-0.05, 0) is 13.5 Å². The largest absolute Gasteiger partial charge is 0.380 e. The molecule has 2 N–H and O–H groups in total. The number of hydrogen-bond acceptors (Lipinski definition) is 3. The zero-order valence-electron chi connectivity index (χ0n) is 8.49. The number of nitrogens with two attached hydrogens (primary N) is 1. The summed E-state index contributed by atoms with van der Waals surface area (Å²) in [6.07, 6.45) is 0. The molecule has 0 spiro atoms. The van der Waals surface area contributed by atoms with Crippen LogP contribution in [0.4, 0.5) is 0 Å². The third-order valence-corrected chi connectivity index (χ3v) is 1.65. The molecule has 5 heteroatoms. The Hall–Kier alpha value is 0.460. The Kier molecular flexibility index (Phi) is 22.0. The molecule has 0 aromatic rings. The molecule has 13 heavy (non-hydrogen) atoms. The fourth-order valence-electron chi connectivity index (χ4n) is 0.949. The third-order valence-electron chi connectivity index (χ3n) is 1.65. The van der Waals surface area contributed by atoms with Crippen molar-refractivity contribution in [1.82, 2.24) is 4.90 Å². The molecule has 84 valence electrons. The molecule has 3 nitrogen and oxygen atoms in total. The van der Waals surface area contributed by atoms with Crippen LogP contribution in [-0.4, -0.2) is 44.3 Å². The molecular formula is C8H22Cl2N2O. The van der Waals surface area contributed by atoms with Crippen molar-refractivity contribution >= 4 is 24.8 Å². The van der Waals surface area contributed by atoms with E-state index in [2.05, 4.69) is 11.8 Å². The van der Waals surface area contributed by atoms with E-state index in [4.69, 9.17) is 10.5 Å². The van der Waals surface area contributed by atoms with E-state index in [0.29, 0.717) is 0 Å². The molecule has 0 aliphatic heterocycles. The van der Waals surface area contributed by atoms with Crippen molar-refractivity contribution in [3.63, 3.8) is 0 Å². The minimum absolute atomic E-state index is 0. The average Bonchev–Trinajstić information content (AvgIpc) is 2.03. The Morgan fingerprint density at radius 2 is 1.77 bits per heavy atom. The first-order chi connectivity index (χ1) is 5.35. The van der Waals surface area contributed by atoms with Gasteiger partial charge in [0.05, 0.1) is 6.61 Å². The first kappa shape index (κ1) is 19.1. The van der Waals surface area contributed by atoms with E-state index < -0.39 is 0 Å². The highest BCUT2D eigenvalue weighted by molar-refractivity contribution is 5.85. The second kappa shape index (κ2) is 15.0. The highest BCUT2D eigenvalue weighted by Crippen LogP contribution is 1.85. The summed E-state index contributed by atoms with van der Waals surface area (Å²) in [5, 5.41) is 0. The van der Waals surface area contributed by atoms with Gasteiger partial charge in [0.15, 0.2) is 0 Å². The lowest BCUT2D eigenvalue weighted by molar-refractivity contribution is 0.116. The van der Waals surface area contributed by atoms with Gasteiger partial charge < -0.3 is 15.4 Å². The van der Waals surface area contributed by atoms with Crippen LogP contribution >= 0.6 is 24.8 Å². The number of ether oxygens (including phenoxy) is 1. The van der Waals surface area contributed by atoms with Crippen LogP contribution in [0, 0.1) is 0 Å². The molecule has 0 aliphatic carbocycles. The van der Waals surface area contributed by atoms with Crippen LogP contribution < -0.4 is 5.73 Å². The molecule has 0 saturated carbocycles. The molecule has 0 radical (unpaired) electrons. The smallest absolute Gasteiger partial charge is 0.0593 e. The van der Waals surface area contributed by atoms with Gasteiger partial charge in [-0.1, -0.05) is 6.92 Å². The van der Waals surface area contributed by atoms with Crippen molar-refractivity contribution in [2.75, 3.05) is 39.4 Å². The predicted octanol–water partition coefficient (Wildman–Crippen LogP) is 1.15. The average molecular weight is 233 g/mol. The van der Waals surface area contributed by atoms with Crippen molar-refractivity contribution in [2.24, 2.45) is 5.73 Å². The van der Waals surface area contributed by atoms with E-state index in [0.717, 1.165) is 39.4 Å². The first-order valence-electron chi connectivity index (χ1n) is 4.35. The van der Waals surface area contributed by atoms with Gasteiger partial charge in [0.25, 0.3) is 0 Å². The van der Waals surface area contributed by atoms with E-state index in [1.165, 1.54) is 0 Å². The molecule has 0 fully saturated rings. The van der Waals surface area contributed by atoms with Gasteiger partial charge >= 0.3 is 0 Å². The van der Waals surface area contributed by atoms with E-state index in [1.54, 1.807) is 0 Å². The van der Waals surface area contributed by atoms with Crippen molar-refractivity contribution in [1.29, 1.82) is 0 Å². The zero-order valence-corrected chi connectivity index (χ0v) is 10.1. The van der Waals surface area contributed by atoms with Crippen LogP contribution in [0.5, 0.6) is 0 Å². The summed E-state index contributed by atoms with van der Waals surface area (Å²) >= 11 is 0. The maximum absolute atomic E-state index is 5.43. The Morgan fingerprint density at radius 3 is 2.15 bits per heavy atom. The van der Waals surface area contributed by atoms with E-state index in [1.807, 2.05) is 6.92 Å². The third kappa shape index (κ3) is 12.5. The van der Waals surface area contributed by atoms with Crippen molar-refractivity contribution in [3.8, 4) is 0 Å². The fraction of sp³-hybridized carbons (Fsp3) is 1.00. The van der Waals surface area contributed by atoms with Gasteiger partial charge in [-0.3, -0.25) is 0 Å². The summed E-state index contributed by atoms with van der Waals surface area (Å²) in [5.41, 5.74) is 5.43. The second-order valence-electron chi connectivity index (χ2n) is 2.42. The topological polar surface area (TPSA) is 38.5 Å². The van der Waals surface area contributed by atoms with Gasteiger partial charge in [0.1, 0.15) is 0 Å². The summed E-state index contributed by atoms with van der Waals surface area (Å²) in [4.78, 5) is 2.29. The molecule has 0 aromatic heterocycles. The summed E-state index contributed by atoms with van der Waals surface area (Å²) < 4.78 is 5.23. The zero-order chi connectivity index (χ0) is 8.53. The lowest BCUT2D eigenvalue weighted by atomic mass is 10.4. The molecule has 0 rings (SSSR count). The summed E-state index contributed by atoms with van der Waals surface area (Å²) in [7, 11) is 0. The van der Waals surface area contributed by atoms with Gasteiger partial charge in [-0.15, -0.1) is 24.8 Å². The van der Waals surface area contributed by atoms with Gasteiger partial charge in [0.2, 0.25) is 0 Å². The van der Waals surface area contributed by atoms with E-state index in [-0.39, 0.29) is 24.8 Å². The predicted molar refractivity (Wildman–Crippen MR) is 62.2 cm³/mol. The van der Waals surface area contributed by atoms with Crippen LogP contribution in [0.2, 0.25) is 0 Å². The Morgan fingerprint density at radius 1 is 1.15 bits per heavy atom. The molecule has 0 bridgehead atoms. The highest BCUT2D eigenvalue weighted by atomic mass is 35.5. The Labute approximate surface area is 93.8 Å². The molecule has 0 saturated heterocycles. The fourth-order valence-corrected chi connectivity index (χ4v) is 0.949. The molecule has 0 aromatic carbocycles. The van der Waals surface area contributed by atoms with E-state index >= 15 is 0 Å². The summed E-state index contributed by atoms with van der Waals surface area (Å²) in [6.45, 7) is 9.56. The van der Waals surface area contributed by atoms with Gasteiger partial charge in [0, 0.05) is 26.2 Å². The standard InChI is InChI=1S/C8H20N2O.2ClH/c1-3-10(6-5-9)7-8-11-4-2;;/h3-9H2,1-2H3;2*1H. The minimum atomic E-state index is 0. The molecular weight excluding hydrogens is 211 g/mol. The molecule has 0 unspecified atom stereocenters. The maximum atomic E-state index is 5.43. The van der Waals surface area contributed by atoms with Crippen LogP contribution in [0.25, 0.3) is 0 Å². The van der Waals surface area contributed by atoms with Gasteiger partial charge in [-0.2, -0.15) is 0 Å². The number of hydrogen-bond donors (Lipinski definition) is 1. The highest BCUT2D eigenvalue weighted by Gasteiger charge is 1.98. The summed E-state index contributed by atoms with van der Waals surface area (Å²) in [5.74, 6) is 0. The van der Waals surface area contributed by atoms with Crippen molar-refractivity contribution in [2.45, 2.75) is 13.8 Å². The number of nitrogens with zero attached hydrogens (tertiary/aromatic N) is 1. The Balaban J connectivity index is -0.000000500. The Bertz CT molecular complexity index is 86.5. The minimum Gasteiger partial charge on any atom is -0.380 e. The number of rotatable bonds is 7. The van der Waals surface area contributed by atoms with Crippen LogP contribution in [0.15, 0.2) is 0 Å². The summed E-state index contributed by atoms with van der Waals surface area (Å²) in [6, 6.07) is 0. The lowest BCUT2D eigenvalue weighted by Gasteiger charge is -2.18. The monoisotopic (exact) mass is 232 g/mol. The van der Waals surface area contributed by atoms with Gasteiger partial charge in [-0.25, -0.2) is 0 Å². The molecule has 0 atom stereocenters. The van der Waals surface area contributed by atoms with Crippen molar-refractivity contribution in [3.05, 3.63) is 0 Å². The molecule has 0 amide bonds. The number of halogens is 2. The lowest BCUT2D eigenvalue weighted by Crippen LogP contribution is -2.32. The normalized spacial score (nSPS) is 9.23. The van der Waals surface area contributed by atoms with E-state index in [9.17, 15) is 0 Å². The SMILES string of the molecule is CCOCCN(CC)CCN.Cl.Cl. The molecule has 0 aliphatic rings. The maximum Gasteiger partial charge on any atom is 0.0593 e. The first-order valence-corrected chi connectivity index (χ1v) is 4.35. The van der Waals surface area contributed by atoms with Crippen molar-refractivity contribution < 1.29 is 4.74 Å². The number of likely N-dealkylation sites (N-methyl/N-ethyl adjacent to an activating group) is 1. The van der Waals surface area contributed by atoms with Crippen LogP contribution in [0.1, 0.15) is 13.8 Å². The second-order valence-corrected chi connectivity index (χ2v) is 2.42. The molecule has 0 heterocycles. The van der Waals surface area contributed by atoms with Crippen LogP contribution in [0.3, 0.4) is 0 Å².